The Kier molecular flexibility index (Phi) is 7.62. The first-order valence-corrected chi connectivity index (χ1v) is 11.8. The highest BCUT2D eigenvalue weighted by atomic mass is 35.5. The number of fused-ring (bicyclic) bond motifs is 1. The molecule has 184 valence electrons. The standard InChI is InChI=1S/C24H27ClN6O4/c1-35-24-28-12-15-10-16(23(34)30-20(15)31-24)22(33)29-19-11-14(6-7-17(19)25)21(32)27-9-8-13-4-2-3-5-18(13)26/h6-7,10-13,18H,2-5,8-9,26H2,1H3,(H,27,32)(H,29,33)(H,28,30,31,34). The molecule has 10 nitrogen and oxygen atoms in total. The van der Waals surface area contributed by atoms with Gasteiger partial charge in [-0.3, -0.25) is 14.4 Å². The van der Waals surface area contributed by atoms with Crippen molar-refractivity contribution in [2.24, 2.45) is 11.7 Å². The molecule has 5 N–H and O–H groups in total. The number of nitrogens with one attached hydrogen (secondary N) is 3. The van der Waals surface area contributed by atoms with Crippen LogP contribution in [0.25, 0.3) is 11.0 Å². The van der Waals surface area contributed by atoms with Crippen molar-refractivity contribution in [2.75, 3.05) is 19.0 Å². The summed E-state index contributed by atoms with van der Waals surface area (Å²) in [5.74, 6) is -0.554. The van der Waals surface area contributed by atoms with Gasteiger partial charge in [0.15, 0.2) is 0 Å². The lowest BCUT2D eigenvalue weighted by atomic mass is 9.83. The first-order chi connectivity index (χ1) is 16.9. The number of pyridine rings is 1. The fourth-order valence-corrected chi connectivity index (χ4v) is 4.43. The minimum atomic E-state index is -0.685. The number of nitrogens with two attached hydrogens (primary N) is 1. The molecular weight excluding hydrogens is 472 g/mol. The van der Waals surface area contributed by atoms with E-state index in [9.17, 15) is 14.4 Å². The van der Waals surface area contributed by atoms with Crippen LogP contribution in [0.4, 0.5) is 5.69 Å². The molecule has 0 aliphatic heterocycles. The summed E-state index contributed by atoms with van der Waals surface area (Å²) in [6.07, 6.45) is 6.71. The third-order valence-electron chi connectivity index (χ3n) is 6.24. The monoisotopic (exact) mass is 498 g/mol. The number of nitrogens with zero attached hydrogens (tertiary/aromatic N) is 2. The van der Waals surface area contributed by atoms with Crippen molar-refractivity contribution in [3.05, 3.63) is 57.0 Å². The Balaban J connectivity index is 1.45. The van der Waals surface area contributed by atoms with Gasteiger partial charge in [0.25, 0.3) is 17.4 Å². The van der Waals surface area contributed by atoms with Crippen molar-refractivity contribution >= 4 is 40.1 Å². The largest absolute Gasteiger partial charge is 0.467 e. The highest BCUT2D eigenvalue weighted by Crippen LogP contribution is 2.26. The normalized spacial score (nSPS) is 17.7. The van der Waals surface area contributed by atoms with Crippen molar-refractivity contribution in [3.63, 3.8) is 0 Å². The van der Waals surface area contributed by atoms with E-state index in [0.717, 1.165) is 25.7 Å². The van der Waals surface area contributed by atoms with Crippen molar-refractivity contribution in [1.82, 2.24) is 20.3 Å². The number of anilines is 1. The minimum absolute atomic E-state index is 0.0915. The van der Waals surface area contributed by atoms with Gasteiger partial charge in [0.1, 0.15) is 11.2 Å². The van der Waals surface area contributed by atoms with E-state index in [-0.39, 0.29) is 39.9 Å². The van der Waals surface area contributed by atoms with Crippen molar-refractivity contribution in [1.29, 1.82) is 0 Å². The molecule has 1 aromatic carbocycles. The van der Waals surface area contributed by atoms with Gasteiger partial charge in [-0.1, -0.05) is 24.4 Å². The van der Waals surface area contributed by atoms with Crippen LogP contribution < -0.4 is 26.7 Å². The Morgan fingerprint density at radius 2 is 2.03 bits per heavy atom. The number of H-pyrrole nitrogens is 1. The molecule has 0 spiro atoms. The van der Waals surface area contributed by atoms with Gasteiger partial charge >= 0.3 is 6.01 Å². The number of ether oxygens (including phenoxy) is 1. The zero-order valence-corrected chi connectivity index (χ0v) is 20.0. The van der Waals surface area contributed by atoms with E-state index in [1.807, 2.05) is 0 Å². The molecule has 35 heavy (non-hydrogen) atoms. The van der Waals surface area contributed by atoms with Crippen LogP contribution in [0.3, 0.4) is 0 Å². The highest BCUT2D eigenvalue weighted by molar-refractivity contribution is 6.34. The molecule has 2 unspecified atom stereocenters. The van der Waals surface area contributed by atoms with Crippen LogP contribution in [-0.2, 0) is 0 Å². The lowest BCUT2D eigenvalue weighted by Crippen LogP contribution is -2.36. The van der Waals surface area contributed by atoms with Crippen LogP contribution in [0.5, 0.6) is 6.01 Å². The summed E-state index contributed by atoms with van der Waals surface area (Å²) < 4.78 is 4.95. The third-order valence-corrected chi connectivity index (χ3v) is 6.57. The van der Waals surface area contributed by atoms with Gasteiger partial charge in [-0.2, -0.15) is 4.98 Å². The quantitative estimate of drug-likeness (QED) is 0.390. The van der Waals surface area contributed by atoms with Crippen LogP contribution in [0.15, 0.2) is 35.3 Å². The number of methoxy groups -OCH3 is 1. The number of halogens is 1. The van der Waals surface area contributed by atoms with E-state index >= 15 is 0 Å². The number of carbonyl (C=O) groups is 2. The van der Waals surface area contributed by atoms with Crippen molar-refractivity contribution < 1.29 is 14.3 Å². The number of aromatic amines is 1. The summed E-state index contributed by atoms with van der Waals surface area (Å²) in [4.78, 5) is 48.6. The Labute approximate surface area is 206 Å². The number of hydrogen-bond donors (Lipinski definition) is 4. The van der Waals surface area contributed by atoms with E-state index < -0.39 is 11.5 Å². The maximum absolute atomic E-state index is 12.8. The van der Waals surface area contributed by atoms with Gasteiger partial charge in [0.05, 0.1) is 17.8 Å². The number of hydrogen-bond acceptors (Lipinski definition) is 7. The van der Waals surface area contributed by atoms with Crippen LogP contribution in [-0.4, -0.2) is 46.5 Å². The number of amides is 2. The molecule has 2 aromatic heterocycles. The third kappa shape index (κ3) is 5.77. The van der Waals surface area contributed by atoms with Gasteiger partial charge < -0.3 is 26.1 Å². The van der Waals surface area contributed by atoms with Crippen molar-refractivity contribution in [3.8, 4) is 6.01 Å². The zero-order chi connectivity index (χ0) is 24.9. The van der Waals surface area contributed by atoms with E-state index in [0.29, 0.717) is 23.4 Å². The Hall–Kier alpha value is -3.50. The van der Waals surface area contributed by atoms with E-state index in [1.54, 1.807) is 6.07 Å². The molecular formula is C24H27ClN6O4. The zero-order valence-electron chi connectivity index (χ0n) is 19.3. The van der Waals surface area contributed by atoms with Gasteiger partial charge in [0.2, 0.25) is 0 Å². The molecule has 1 fully saturated rings. The van der Waals surface area contributed by atoms with Crippen LogP contribution >= 0.6 is 11.6 Å². The van der Waals surface area contributed by atoms with E-state index in [1.165, 1.54) is 37.9 Å². The Bertz CT molecular complexity index is 1310. The molecule has 0 saturated heterocycles. The van der Waals surface area contributed by atoms with Crippen LogP contribution in [0.1, 0.15) is 52.8 Å². The van der Waals surface area contributed by atoms with Crippen molar-refractivity contribution in [2.45, 2.75) is 38.1 Å². The predicted molar refractivity (Wildman–Crippen MR) is 133 cm³/mol. The molecule has 0 bridgehead atoms. The first-order valence-electron chi connectivity index (χ1n) is 11.4. The summed E-state index contributed by atoms with van der Waals surface area (Å²) in [6, 6.07) is 6.23. The summed E-state index contributed by atoms with van der Waals surface area (Å²) in [7, 11) is 1.41. The highest BCUT2D eigenvalue weighted by Gasteiger charge is 2.22. The maximum atomic E-state index is 12.8. The molecule has 2 atom stereocenters. The van der Waals surface area contributed by atoms with E-state index in [4.69, 9.17) is 22.1 Å². The molecule has 2 heterocycles. The topological polar surface area (TPSA) is 152 Å². The molecule has 1 aliphatic carbocycles. The summed E-state index contributed by atoms with van der Waals surface area (Å²) in [5, 5.41) is 6.20. The minimum Gasteiger partial charge on any atom is -0.467 e. The number of benzene rings is 1. The molecule has 4 rings (SSSR count). The first kappa shape index (κ1) is 24.6. The number of carbonyl (C=O) groups excluding carboxylic acids is 2. The number of rotatable bonds is 7. The maximum Gasteiger partial charge on any atom is 0.318 e. The second-order valence-corrected chi connectivity index (χ2v) is 8.98. The van der Waals surface area contributed by atoms with Gasteiger partial charge in [-0.25, -0.2) is 4.98 Å². The fraction of sp³-hybridized carbons (Fsp3) is 0.375. The summed E-state index contributed by atoms with van der Waals surface area (Å²) in [6.45, 7) is 0.515. The summed E-state index contributed by atoms with van der Waals surface area (Å²) >= 11 is 6.24. The van der Waals surface area contributed by atoms with Gasteiger partial charge in [0, 0.05) is 29.7 Å². The molecule has 11 heteroatoms. The average Bonchev–Trinajstić information content (AvgIpc) is 2.85. The Morgan fingerprint density at radius 1 is 1.23 bits per heavy atom. The van der Waals surface area contributed by atoms with E-state index in [2.05, 4.69) is 25.6 Å². The van der Waals surface area contributed by atoms with Crippen LogP contribution in [0, 0.1) is 5.92 Å². The smallest absolute Gasteiger partial charge is 0.318 e. The van der Waals surface area contributed by atoms with Gasteiger partial charge in [-0.05, 0) is 49.4 Å². The second kappa shape index (κ2) is 10.8. The summed E-state index contributed by atoms with van der Waals surface area (Å²) in [5.41, 5.74) is 6.19. The molecule has 0 radical (unpaired) electrons. The number of aromatic nitrogens is 3. The average molecular weight is 499 g/mol. The lowest BCUT2D eigenvalue weighted by molar-refractivity contribution is 0.0948. The molecule has 1 saturated carbocycles. The molecule has 1 aliphatic rings. The predicted octanol–water partition coefficient (Wildman–Crippen LogP) is 2.87. The molecule has 3 aromatic rings. The SMILES string of the molecule is COc1ncc2cc(C(=O)Nc3cc(C(=O)NCCC4CCCCC4N)ccc3Cl)c(=O)[nH]c2n1. The van der Waals surface area contributed by atoms with Crippen LogP contribution in [0.2, 0.25) is 5.02 Å². The second-order valence-electron chi connectivity index (χ2n) is 8.57. The molecule has 2 amide bonds. The lowest BCUT2D eigenvalue weighted by Gasteiger charge is -2.28. The van der Waals surface area contributed by atoms with Gasteiger partial charge in [-0.15, -0.1) is 0 Å². The Morgan fingerprint density at radius 3 is 2.80 bits per heavy atom. The fourth-order valence-electron chi connectivity index (χ4n) is 4.26.